The predicted octanol–water partition coefficient (Wildman–Crippen LogP) is 3.64. The Morgan fingerprint density at radius 2 is 1.97 bits per heavy atom. The van der Waals surface area contributed by atoms with Gasteiger partial charge in [0.05, 0.1) is 19.4 Å². The number of alkyl halides is 3. The zero-order valence-electron chi connectivity index (χ0n) is 16.5. The zero-order valence-corrected chi connectivity index (χ0v) is 17.3. The van der Waals surface area contributed by atoms with E-state index in [1.807, 2.05) is 6.92 Å². The van der Waals surface area contributed by atoms with Crippen LogP contribution in [0.15, 0.2) is 33.1 Å². The number of carbonyl (C=O) groups is 1. The molecule has 1 aromatic rings. The van der Waals surface area contributed by atoms with Crippen molar-refractivity contribution in [3.05, 3.63) is 18.2 Å². The van der Waals surface area contributed by atoms with Crippen LogP contribution in [-0.4, -0.2) is 60.6 Å². The quantitative estimate of drug-likeness (QED) is 0.666. The molecule has 30 heavy (non-hydrogen) atoms. The normalized spacial score (nSPS) is 23.4. The molecule has 1 atom stereocenters. The summed E-state index contributed by atoms with van der Waals surface area (Å²) in [6.45, 7) is 3.42. The Kier molecular flexibility index (Phi) is 5.33. The lowest BCUT2D eigenvalue weighted by atomic mass is 10.1. The summed E-state index contributed by atoms with van der Waals surface area (Å²) >= 11 is 1.05. The van der Waals surface area contributed by atoms with E-state index in [9.17, 15) is 18.0 Å². The average Bonchev–Trinajstić information content (AvgIpc) is 3.09. The fourth-order valence-electron chi connectivity index (χ4n) is 3.67. The molecular weight excluding hydrogens is 421 g/mol. The number of nitrogens with zero attached hydrogens (tertiary/aromatic N) is 4. The number of ether oxygens (including phenoxy) is 2. The van der Waals surface area contributed by atoms with Crippen LogP contribution >= 0.6 is 11.8 Å². The first-order chi connectivity index (χ1) is 14.3. The Balaban J connectivity index is 1.87. The number of thioether (sulfide) groups is 1. The molecule has 1 saturated heterocycles. The SMILES string of the molecule is CCOc1ccc2c(c1)SC1=N[C@](C(=O)OC)(C(F)(F)F)N=C(N3CCCCC3)N12. The van der Waals surface area contributed by atoms with Crippen molar-refractivity contribution in [3.8, 4) is 5.75 Å². The molecule has 1 fully saturated rings. The molecule has 1 aromatic carbocycles. The van der Waals surface area contributed by atoms with Crippen LogP contribution < -0.4 is 9.64 Å². The molecule has 0 aromatic heterocycles. The number of aliphatic imine (C=N–C) groups is 2. The number of anilines is 1. The van der Waals surface area contributed by atoms with Crippen molar-refractivity contribution in [3.63, 3.8) is 0 Å². The number of guanidine groups is 1. The third kappa shape index (κ3) is 3.28. The molecule has 0 amide bonds. The Bertz CT molecular complexity index is 915. The number of carbonyl (C=O) groups excluding carboxylic acids is 1. The number of esters is 1. The van der Waals surface area contributed by atoms with Gasteiger partial charge in [-0.25, -0.2) is 14.8 Å². The van der Waals surface area contributed by atoms with Gasteiger partial charge < -0.3 is 14.4 Å². The molecule has 0 radical (unpaired) electrons. The van der Waals surface area contributed by atoms with Crippen LogP contribution in [0, 0.1) is 0 Å². The first kappa shape index (κ1) is 20.8. The van der Waals surface area contributed by atoms with E-state index in [0.717, 1.165) is 38.1 Å². The smallest absolute Gasteiger partial charge is 0.446 e. The number of halogens is 3. The fraction of sp³-hybridized carbons (Fsp3) is 0.526. The van der Waals surface area contributed by atoms with E-state index in [2.05, 4.69) is 14.7 Å². The molecule has 3 aliphatic heterocycles. The van der Waals surface area contributed by atoms with Crippen molar-refractivity contribution in [1.82, 2.24) is 4.90 Å². The van der Waals surface area contributed by atoms with Gasteiger partial charge in [0, 0.05) is 18.0 Å². The highest BCUT2D eigenvalue weighted by molar-refractivity contribution is 8.15. The first-order valence-corrected chi connectivity index (χ1v) is 10.5. The standard InChI is InChI=1S/C19H21F3N4O3S/c1-3-29-12-7-8-13-14(11-12)30-17-24-18(15(27)28-2,19(20,21)22)23-16(26(13)17)25-9-5-4-6-10-25/h7-8,11H,3-6,9-10H2,1-2H3/t18-/m1/s1. The van der Waals surface area contributed by atoms with Crippen LogP contribution in [0.1, 0.15) is 26.2 Å². The molecule has 0 bridgehead atoms. The molecule has 0 saturated carbocycles. The van der Waals surface area contributed by atoms with Gasteiger partial charge in [0.1, 0.15) is 5.75 Å². The molecule has 11 heteroatoms. The Hall–Kier alpha value is -2.43. The Labute approximate surface area is 175 Å². The van der Waals surface area contributed by atoms with E-state index < -0.39 is 17.8 Å². The van der Waals surface area contributed by atoms with Crippen LogP contribution in [0.25, 0.3) is 0 Å². The largest absolute Gasteiger partial charge is 0.494 e. The minimum absolute atomic E-state index is 0.0388. The molecule has 0 aliphatic carbocycles. The molecule has 3 aliphatic rings. The maximum absolute atomic E-state index is 14.1. The molecule has 0 spiro atoms. The lowest BCUT2D eigenvalue weighted by molar-refractivity contribution is -0.201. The Morgan fingerprint density at radius 1 is 1.23 bits per heavy atom. The van der Waals surface area contributed by atoms with Crippen molar-refractivity contribution in [1.29, 1.82) is 0 Å². The lowest BCUT2D eigenvalue weighted by Crippen LogP contribution is -2.59. The highest BCUT2D eigenvalue weighted by Crippen LogP contribution is 2.48. The highest BCUT2D eigenvalue weighted by atomic mass is 32.2. The highest BCUT2D eigenvalue weighted by Gasteiger charge is 2.66. The Morgan fingerprint density at radius 3 is 2.60 bits per heavy atom. The van der Waals surface area contributed by atoms with Crippen LogP contribution in [0.5, 0.6) is 5.75 Å². The first-order valence-electron chi connectivity index (χ1n) is 9.65. The van der Waals surface area contributed by atoms with Crippen LogP contribution in [-0.2, 0) is 9.53 Å². The molecule has 162 valence electrons. The molecule has 0 unspecified atom stereocenters. The maximum atomic E-state index is 14.1. The van der Waals surface area contributed by atoms with Gasteiger partial charge >= 0.3 is 17.8 Å². The summed E-state index contributed by atoms with van der Waals surface area (Å²) in [5, 5.41) is 0.0388. The predicted molar refractivity (Wildman–Crippen MR) is 107 cm³/mol. The van der Waals surface area contributed by atoms with E-state index in [4.69, 9.17) is 4.74 Å². The average molecular weight is 442 g/mol. The van der Waals surface area contributed by atoms with E-state index >= 15 is 0 Å². The minimum atomic E-state index is -5.05. The second-order valence-electron chi connectivity index (χ2n) is 7.02. The summed E-state index contributed by atoms with van der Waals surface area (Å²) in [4.78, 5) is 24.1. The van der Waals surface area contributed by atoms with Gasteiger partial charge in [-0.05, 0) is 56.1 Å². The van der Waals surface area contributed by atoms with Gasteiger partial charge in [0.25, 0.3) is 0 Å². The fourth-order valence-corrected chi connectivity index (χ4v) is 4.76. The van der Waals surface area contributed by atoms with Gasteiger partial charge in [-0.15, -0.1) is 0 Å². The van der Waals surface area contributed by atoms with Crippen LogP contribution in [0.3, 0.4) is 0 Å². The third-order valence-corrected chi connectivity index (χ3v) is 6.10. The van der Waals surface area contributed by atoms with E-state index in [-0.39, 0.29) is 11.1 Å². The zero-order chi connectivity index (χ0) is 21.5. The van der Waals surface area contributed by atoms with Crippen LogP contribution in [0.4, 0.5) is 18.9 Å². The third-order valence-electron chi connectivity index (χ3n) is 5.10. The minimum Gasteiger partial charge on any atom is -0.494 e. The maximum Gasteiger partial charge on any atom is 0.446 e. The van der Waals surface area contributed by atoms with Gasteiger partial charge in [-0.1, -0.05) is 0 Å². The number of hydrogen-bond donors (Lipinski definition) is 0. The monoisotopic (exact) mass is 442 g/mol. The summed E-state index contributed by atoms with van der Waals surface area (Å²) in [6.07, 6.45) is -2.39. The van der Waals surface area contributed by atoms with Crippen molar-refractivity contribution in [2.45, 2.75) is 42.9 Å². The number of methoxy groups -OCH3 is 1. The number of rotatable bonds is 3. The number of piperidine rings is 1. The van der Waals surface area contributed by atoms with E-state index in [0.29, 0.717) is 36.0 Å². The summed E-state index contributed by atoms with van der Waals surface area (Å²) < 4.78 is 52.4. The van der Waals surface area contributed by atoms with Crippen LogP contribution in [0.2, 0.25) is 0 Å². The second-order valence-corrected chi connectivity index (χ2v) is 8.02. The van der Waals surface area contributed by atoms with E-state index in [1.54, 1.807) is 28.0 Å². The number of benzene rings is 1. The molecule has 3 heterocycles. The van der Waals surface area contributed by atoms with Crippen molar-refractivity contribution in [2.24, 2.45) is 9.98 Å². The van der Waals surface area contributed by atoms with Gasteiger partial charge in [0.15, 0.2) is 5.17 Å². The summed E-state index contributed by atoms with van der Waals surface area (Å²) in [7, 11) is 0.906. The molecule has 4 rings (SSSR count). The van der Waals surface area contributed by atoms with E-state index in [1.165, 1.54) is 0 Å². The summed E-state index contributed by atoms with van der Waals surface area (Å²) in [5.41, 5.74) is -2.66. The number of likely N-dealkylation sites (tertiary alicyclic amines) is 1. The van der Waals surface area contributed by atoms with Gasteiger partial charge in [0.2, 0.25) is 5.96 Å². The van der Waals surface area contributed by atoms with Gasteiger partial charge in [-0.2, -0.15) is 13.2 Å². The van der Waals surface area contributed by atoms with Crippen molar-refractivity contribution in [2.75, 3.05) is 31.7 Å². The molecule has 7 nitrogen and oxygen atoms in total. The number of fused-ring (bicyclic) bond motifs is 3. The molecular formula is C19H21F3N4O3S. The topological polar surface area (TPSA) is 66.7 Å². The molecule has 0 N–H and O–H groups in total. The summed E-state index contributed by atoms with van der Waals surface area (Å²) in [5.74, 6) is -0.878. The lowest BCUT2D eigenvalue weighted by Gasteiger charge is -2.39. The van der Waals surface area contributed by atoms with Gasteiger partial charge in [-0.3, -0.25) is 4.90 Å². The number of amidine groups is 1. The number of hydrogen-bond acceptors (Lipinski definition) is 8. The summed E-state index contributed by atoms with van der Waals surface area (Å²) in [6, 6.07) is 5.28. The second kappa shape index (κ2) is 7.68. The van der Waals surface area contributed by atoms with Crippen molar-refractivity contribution < 1.29 is 27.4 Å². The van der Waals surface area contributed by atoms with Crippen molar-refractivity contribution >= 4 is 34.5 Å².